The minimum Gasteiger partial charge on any atom is -0.351 e. The largest absolute Gasteiger partial charge is 0.351 e. The van der Waals surface area contributed by atoms with Gasteiger partial charge in [-0.1, -0.05) is 68.6 Å². The summed E-state index contributed by atoms with van der Waals surface area (Å²) >= 11 is 6.27. The van der Waals surface area contributed by atoms with Gasteiger partial charge in [0.25, 0.3) is 0 Å². The molecular weight excluding hydrogens is 382 g/mol. The Bertz CT molecular complexity index is 1010. The molecule has 4 rings (SSSR count). The number of halogens is 1. The molecule has 1 aliphatic carbocycles. The molecule has 5 heteroatoms. The monoisotopic (exact) mass is 409 g/mol. The fraction of sp³-hybridized carbons (Fsp3) is 0.417. The van der Waals surface area contributed by atoms with Crippen molar-refractivity contribution in [2.45, 2.75) is 52.1 Å². The van der Waals surface area contributed by atoms with Gasteiger partial charge in [0.1, 0.15) is 11.7 Å². The number of fused-ring (bicyclic) bond motifs is 1. The highest BCUT2D eigenvalue weighted by molar-refractivity contribution is 6.31. The summed E-state index contributed by atoms with van der Waals surface area (Å²) in [6.45, 7) is 6.45. The van der Waals surface area contributed by atoms with Crippen molar-refractivity contribution in [2.75, 3.05) is 0 Å². The lowest BCUT2D eigenvalue weighted by atomic mass is 9.78. The highest BCUT2D eigenvalue weighted by atomic mass is 35.5. The van der Waals surface area contributed by atoms with Gasteiger partial charge in [0.2, 0.25) is 5.91 Å². The van der Waals surface area contributed by atoms with Crippen LogP contribution >= 0.6 is 11.6 Å². The summed E-state index contributed by atoms with van der Waals surface area (Å²) < 4.78 is 1.83. The van der Waals surface area contributed by atoms with Gasteiger partial charge in [-0.15, -0.1) is 0 Å². The molecule has 0 aliphatic heterocycles. The third-order valence-corrected chi connectivity index (χ3v) is 6.73. The summed E-state index contributed by atoms with van der Waals surface area (Å²) in [6, 6.07) is 15.6. The summed E-state index contributed by atoms with van der Waals surface area (Å²) in [6.07, 6.45) is 3.47. The molecule has 1 aromatic heterocycles. The van der Waals surface area contributed by atoms with Crippen molar-refractivity contribution in [3.8, 4) is 11.3 Å². The lowest BCUT2D eigenvalue weighted by Crippen LogP contribution is -2.46. The molecule has 0 radical (unpaired) electrons. The van der Waals surface area contributed by atoms with Gasteiger partial charge in [-0.05, 0) is 43.4 Å². The van der Waals surface area contributed by atoms with E-state index in [0.717, 1.165) is 28.6 Å². The Hall–Kier alpha value is -2.33. The number of hydrogen-bond acceptors (Lipinski definition) is 2. The van der Waals surface area contributed by atoms with Crippen molar-refractivity contribution in [2.24, 2.45) is 11.8 Å². The smallest absolute Gasteiger partial charge is 0.244 e. The number of amides is 1. The Labute approximate surface area is 177 Å². The fourth-order valence-electron chi connectivity index (χ4n) is 4.42. The third kappa shape index (κ3) is 3.91. The van der Waals surface area contributed by atoms with Crippen molar-refractivity contribution in [1.82, 2.24) is 15.1 Å². The van der Waals surface area contributed by atoms with E-state index in [0.29, 0.717) is 16.9 Å². The average molecular weight is 410 g/mol. The molecule has 0 saturated heterocycles. The molecule has 0 bridgehead atoms. The molecule has 1 heterocycles. The molecule has 1 saturated carbocycles. The molecule has 4 atom stereocenters. The first-order valence-electron chi connectivity index (χ1n) is 10.5. The van der Waals surface area contributed by atoms with Gasteiger partial charge in [-0.3, -0.25) is 9.48 Å². The Morgan fingerprint density at radius 3 is 2.69 bits per heavy atom. The van der Waals surface area contributed by atoms with Gasteiger partial charge in [-0.2, -0.15) is 5.10 Å². The van der Waals surface area contributed by atoms with E-state index in [4.69, 9.17) is 16.7 Å². The molecule has 4 nitrogen and oxygen atoms in total. The van der Waals surface area contributed by atoms with E-state index in [1.165, 1.54) is 12.8 Å². The van der Waals surface area contributed by atoms with Gasteiger partial charge < -0.3 is 5.32 Å². The van der Waals surface area contributed by atoms with Crippen LogP contribution in [0.25, 0.3) is 22.2 Å². The second-order valence-corrected chi connectivity index (χ2v) is 8.82. The summed E-state index contributed by atoms with van der Waals surface area (Å²) in [5.74, 6) is 1.16. The minimum atomic E-state index is -0.402. The summed E-state index contributed by atoms with van der Waals surface area (Å²) in [7, 11) is 0. The molecule has 3 aromatic rings. The molecule has 1 N–H and O–H groups in total. The first kappa shape index (κ1) is 20.0. The van der Waals surface area contributed by atoms with E-state index < -0.39 is 6.04 Å². The van der Waals surface area contributed by atoms with Crippen LogP contribution in [0.2, 0.25) is 5.02 Å². The number of carbonyl (C=O) groups excluding carboxylic acids is 1. The molecule has 152 valence electrons. The molecule has 1 amide bonds. The fourth-order valence-corrected chi connectivity index (χ4v) is 4.59. The second-order valence-electron chi connectivity index (χ2n) is 8.38. The first-order valence-corrected chi connectivity index (χ1v) is 10.9. The summed E-state index contributed by atoms with van der Waals surface area (Å²) in [5, 5.41) is 9.77. The normalized spacial score (nSPS) is 23.1. The predicted molar refractivity (Wildman–Crippen MR) is 119 cm³/mol. The van der Waals surface area contributed by atoms with Gasteiger partial charge in [0, 0.05) is 22.0 Å². The zero-order valence-corrected chi connectivity index (χ0v) is 18.0. The highest BCUT2D eigenvalue weighted by Gasteiger charge is 2.30. The summed E-state index contributed by atoms with van der Waals surface area (Å²) in [5.41, 5.74) is 2.78. The van der Waals surface area contributed by atoms with Crippen LogP contribution in [0.15, 0.2) is 48.5 Å². The number of rotatable bonds is 4. The van der Waals surface area contributed by atoms with Crippen molar-refractivity contribution in [3.05, 3.63) is 53.6 Å². The van der Waals surface area contributed by atoms with Crippen LogP contribution in [0.3, 0.4) is 0 Å². The van der Waals surface area contributed by atoms with Gasteiger partial charge in [0.05, 0.1) is 5.52 Å². The minimum absolute atomic E-state index is 0.0231. The quantitative estimate of drug-likeness (QED) is 0.586. The van der Waals surface area contributed by atoms with Gasteiger partial charge in [0.15, 0.2) is 0 Å². The number of aromatic nitrogens is 2. The topological polar surface area (TPSA) is 46.9 Å². The van der Waals surface area contributed by atoms with Crippen LogP contribution < -0.4 is 5.32 Å². The average Bonchev–Trinajstić information content (AvgIpc) is 3.10. The molecule has 0 unspecified atom stereocenters. The van der Waals surface area contributed by atoms with Gasteiger partial charge >= 0.3 is 0 Å². The zero-order valence-electron chi connectivity index (χ0n) is 17.2. The Balaban J connectivity index is 1.67. The van der Waals surface area contributed by atoms with Crippen LogP contribution in [0.1, 0.15) is 46.1 Å². The predicted octanol–water partition coefficient (Wildman–Crippen LogP) is 5.86. The molecule has 29 heavy (non-hydrogen) atoms. The van der Waals surface area contributed by atoms with Crippen molar-refractivity contribution < 1.29 is 4.79 Å². The SMILES string of the molecule is C[C@@H]1[C@H](C)CCC[C@@H]1NC(=O)[C@@H](C)n1nc(-c2ccccc2)c2cc(Cl)ccc21. The van der Waals surface area contributed by atoms with E-state index in [9.17, 15) is 4.79 Å². The van der Waals surface area contributed by atoms with E-state index >= 15 is 0 Å². The standard InChI is InChI=1S/C24H28ClN3O/c1-15-8-7-11-21(16(15)2)26-24(29)17(3)28-22-13-12-19(25)14-20(22)23(27-28)18-9-5-4-6-10-18/h4-6,9-10,12-17,21H,7-8,11H2,1-3H3,(H,26,29)/t15-,16-,17-,21+/m1/s1. The van der Waals surface area contributed by atoms with Crippen LogP contribution in [0, 0.1) is 11.8 Å². The molecule has 2 aromatic carbocycles. The Kier molecular flexibility index (Phi) is 5.64. The van der Waals surface area contributed by atoms with Crippen LogP contribution in [-0.4, -0.2) is 21.7 Å². The number of benzene rings is 2. The number of carbonyl (C=O) groups is 1. The highest BCUT2D eigenvalue weighted by Crippen LogP contribution is 2.33. The van der Waals surface area contributed by atoms with Crippen LogP contribution in [-0.2, 0) is 4.79 Å². The van der Waals surface area contributed by atoms with E-state index in [-0.39, 0.29) is 11.9 Å². The number of nitrogens with zero attached hydrogens (tertiary/aromatic N) is 2. The van der Waals surface area contributed by atoms with Crippen molar-refractivity contribution in [1.29, 1.82) is 0 Å². The molecule has 1 fully saturated rings. The first-order chi connectivity index (χ1) is 14.0. The maximum Gasteiger partial charge on any atom is 0.244 e. The van der Waals surface area contributed by atoms with E-state index in [1.54, 1.807) is 0 Å². The molecular formula is C24H28ClN3O. The maximum atomic E-state index is 13.1. The lowest BCUT2D eigenvalue weighted by Gasteiger charge is -2.35. The Morgan fingerprint density at radius 1 is 1.17 bits per heavy atom. The van der Waals surface area contributed by atoms with E-state index in [1.807, 2.05) is 60.1 Å². The van der Waals surface area contributed by atoms with Crippen LogP contribution in [0.5, 0.6) is 0 Å². The van der Waals surface area contributed by atoms with Crippen LogP contribution in [0.4, 0.5) is 0 Å². The van der Waals surface area contributed by atoms with Crippen molar-refractivity contribution >= 4 is 28.4 Å². The number of nitrogens with one attached hydrogen (secondary N) is 1. The third-order valence-electron chi connectivity index (χ3n) is 6.50. The lowest BCUT2D eigenvalue weighted by molar-refractivity contribution is -0.125. The molecule has 0 spiro atoms. The maximum absolute atomic E-state index is 13.1. The molecule has 1 aliphatic rings. The van der Waals surface area contributed by atoms with Gasteiger partial charge in [-0.25, -0.2) is 0 Å². The Morgan fingerprint density at radius 2 is 1.93 bits per heavy atom. The second kappa shape index (κ2) is 8.19. The zero-order chi connectivity index (χ0) is 20.5. The number of hydrogen-bond donors (Lipinski definition) is 1. The van der Waals surface area contributed by atoms with Crippen molar-refractivity contribution in [3.63, 3.8) is 0 Å². The summed E-state index contributed by atoms with van der Waals surface area (Å²) in [4.78, 5) is 13.1. The van der Waals surface area contributed by atoms with E-state index in [2.05, 4.69) is 19.2 Å².